The lowest BCUT2D eigenvalue weighted by Gasteiger charge is -2.34. The maximum atomic E-state index is 13.5. The first-order valence-corrected chi connectivity index (χ1v) is 9.72. The highest BCUT2D eigenvalue weighted by molar-refractivity contribution is 8.13. The molecule has 1 heterocycles. The molecule has 0 fully saturated rings. The van der Waals surface area contributed by atoms with Crippen LogP contribution >= 0.6 is 11.8 Å². The first kappa shape index (κ1) is 17.7. The lowest BCUT2D eigenvalue weighted by Crippen LogP contribution is -2.24. The summed E-state index contributed by atoms with van der Waals surface area (Å²) in [5.74, 6) is -0.0806. The van der Waals surface area contributed by atoms with Crippen molar-refractivity contribution in [2.24, 2.45) is 0 Å². The van der Waals surface area contributed by atoms with Crippen molar-refractivity contribution >= 4 is 28.3 Å². The lowest BCUT2D eigenvalue weighted by molar-refractivity contribution is -0.111. The number of carbonyl (C=O) groups excluding carboxylic acids is 1. The summed E-state index contributed by atoms with van der Waals surface area (Å²) in [5, 5.41) is 9.89. The molecule has 0 radical (unpaired) electrons. The van der Waals surface area contributed by atoms with Gasteiger partial charge in [0.05, 0.1) is 5.92 Å². The van der Waals surface area contributed by atoms with Gasteiger partial charge in [-0.25, -0.2) is 0 Å². The van der Waals surface area contributed by atoms with E-state index in [1.165, 1.54) is 11.8 Å². The molecule has 27 heavy (non-hydrogen) atoms. The van der Waals surface area contributed by atoms with Crippen molar-refractivity contribution in [2.45, 2.75) is 24.7 Å². The topological polar surface area (TPSA) is 40.5 Å². The van der Waals surface area contributed by atoms with E-state index >= 15 is 0 Å². The minimum atomic E-state index is -0.314. The average molecular weight is 375 g/mol. The van der Waals surface area contributed by atoms with E-state index in [0.29, 0.717) is 0 Å². The molecule has 0 aliphatic carbocycles. The fourth-order valence-corrected chi connectivity index (χ4v) is 4.89. The maximum Gasteiger partial charge on any atom is 0.205 e. The van der Waals surface area contributed by atoms with E-state index in [0.717, 1.165) is 38.5 Å². The summed E-state index contributed by atoms with van der Waals surface area (Å²) in [5.41, 5.74) is 6.03. The van der Waals surface area contributed by atoms with Crippen LogP contribution in [0.15, 0.2) is 65.6 Å². The van der Waals surface area contributed by atoms with E-state index in [4.69, 9.17) is 0 Å². The zero-order valence-electron chi connectivity index (χ0n) is 15.6. The number of carbonyl (C=O) groups is 1. The number of aryl methyl sites for hydroxylation is 2. The van der Waals surface area contributed by atoms with Gasteiger partial charge in [0.1, 0.15) is 5.75 Å². The zero-order chi connectivity index (χ0) is 19.1. The molecule has 0 amide bonds. The van der Waals surface area contributed by atoms with Gasteiger partial charge in [0.2, 0.25) is 5.12 Å². The van der Waals surface area contributed by atoms with Crippen LogP contribution in [0.3, 0.4) is 0 Å². The van der Waals surface area contributed by atoms with Crippen LogP contribution in [0.4, 0.5) is 11.4 Å². The maximum absolute atomic E-state index is 13.5. The minimum Gasteiger partial charge on any atom is -0.508 e. The van der Waals surface area contributed by atoms with Crippen LogP contribution in [0.25, 0.3) is 0 Å². The number of anilines is 2. The molecule has 3 aromatic carbocycles. The molecule has 3 nitrogen and oxygen atoms in total. The highest BCUT2D eigenvalue weighted by Gasteiger charge is 2.34. The number of fused-ring (bicyclic) bond motifs is 2. The van der Waals surface area contributed by atoms with E-state index in [2.05, 4.69) is 17.0 Å². The van der Waals surface area contributed by atoms with Crippen molar-refractivity contribution < 1.29 is 9.90 Å². The standard InChI is InChI=1S/C23H21NO2S/c1-14-12-16(25)13-15(2)22(14)27-23(26)21-17-8-4-6-10-19(17)24(3)20-11-7-5-9-18(20)21/h4-13,21,25H,1-3H3. The van der Waals surface area contributed by atoms with Crippen LogP contribution in [0.2, 0.25) is 0 Å². The Morgan fingerprint density at radius 2 is 1.41 bits per heavy atom. The quantitative estimate of drug-likeness (QED) is 0.597. The zero-order valence-corrected chi connectivity index (χ0v) is 16.4. The molecule has 136 valence electrons. The molecule has 1 aliphatic heterocycles. The first-order chi connectivity index (χ1) is 13.0. The van der Waals surface area contributed by atoms with E-state index in [1.54, 1.807) is 12.1 Å². The third-order valence-corrected chi connectivity index (χ3v) is 6.39. The Bertz CT molecular complexity index is 974. The van der Waals surface area contributed by atoms with Gasteiger partial charge in [-0.3, -0.25) is 4.79 Å². The lowest BCUT2D eigenvalue weighted by atomic mass is 9.86. The number of hydrogen-bond donors (Lipinski definition) is 1. The van der Waals surface area contributed by atoms with Crippen molar-refractivity contribution in [3.8, 4) is 5.75 Å². The van der Waals surface area contributed by atoms with Crippen LogP contribution in [0.5, 0.6) is 5.75 Å². The monoisotopic (exact) mass is 375 g/mol. The van der Waals surface area contributed by atoms with Gasteiger partial charge < -0.3 is 10.0 Å². The molecule has 0 saturated carbocycles. The number of phenols is 1. The molecule has 0 saturated heterocycles. The van der Waals surface area contributed by atoms with Crippen LogP contribution < -0.4 is 4.90 Å². The van der Waals surface area contributed by atoms with Gasteiger partial charge in [-0.2, -0.15) is 0 Å². The fraction of sp³-hybridized carbons (Fsp3) is 0.174. The SMILES string of the molecule is Cc1cc(O)cc(C)c1SC(=O)C1c2ccccc2N(C)c2ccccc21. The highest BCUT2D eigenvalue weighted by Crippen LogP contribution is 2.47. The second-order valence-corrected chi connectivity index (χ2v) is 7.95. The summed E-state index contributed by atoms with van der Waals surface area (Å²) in [7, 11) is 2.04. The number of rotatable bonds is 2. The molecule has 0 bridgehead atoms. The number of aromatic hydroxyl groups is 1. The summed E-state index contributed by atoms with van der Waals surface area (Å²) >= 11 is 1.27. The normalized spacial score (nSPS) is 13.2. The number of hydrogen-bond acceptors (Lipinski definition) is 4. The molecule has 1 N–H and O–H groups in total. The first-order valence-electron chi connectivity index (χ1n) is 8.91. The summed E-state index contributed by atoms with van der Waals surface area (Å²) in [6.45, 7) is 3.86. The van der Waals surface area contributed by atoms with E-state index < -0.39 is 0 Å². The Labute approximate surface area is 163 Å². The number of benzene rings is 3. The molecule has 0 unspecified atom stereocenters. The smallest absolute Gasteiger partial charge is 0.205 e. The Morgan fingerprint density at radius 1 is 0.926 bits per heavy atom. The van der Waals surface area contributed by atoms with Crippen molar-refractivity contribution in [2.75, 3.05) is 11.9 Å². The molecular formula is C23H21NO2S. The third kappa shape index (κ3) is 3.00. The van der Waals surface area contributed by atoms with Crippen molar-refractivity contribution in [1.82, 2.24) is 0 Å². The summed E-state index contributed by atoms with van der Waals surface area (Å²) in [6.07, 6.45) is 0. The highest BCUT2D eigenvalue weighted by atomic mass is 32.2. The number of thioether (sulfide) groups is 1. The summed E-state index contributed by atoms with van der Waals surface area (Å²) in [4.78, 5) is 16.5. The molecule has 4 rings (SSSR count). The molecule has 1 aliphatic rings. The van der Waals surface area contributed by atoms with Gasteiger partial charge in [-0.05, 0) is 60.4 Å². The second kappa shape index (κ2) is 6.78. The molecule has 0 aromatic heterocycles. The Balaban J connectivity index is 1.80. The fourth-order valence-electron chi connectivity index (χ4n) is 3.87. The minimum absolute atomic E-state index is 0.0971. The van der Waals surface area contributed by atoms with Crippen molar-refractivity contribution in [3.63, 3.8) is 0 Å². The van der Waals surface area contributed by atoms with Gasteiger partial charge in [-0.15, -0.1) is 0 Å². The Hall–Kier alpha value is -2.72. The van der Waals surface area contributed by atoms with Crippen molar-refractivity contribution in [3.05, 3.63) is 82.9 Å². The third-order valence-electron chi connectivity index (χ3n) is 5.10. The molecule has 0 spiro atoms. The number of phenolic OH excluding ortho intramolecular Hbond substituents is 1. The van der Waals surface area contributed by atoms with Gasteiger partial charge in [0, 0.05) is 23.3 Å². The van der Waals surface area contributed by atoms with E-state index in [-0.39, 0.29) is 16.8 Å². The summed E-state index contributed by atoms with van der Waals surface area (Å²) in [6, 6.07) is 19.6. The van der Waals surface area contributed by atoms with E-state index in [1.807, 2.05) is 57.3 Å². The summed E-state index contributed by atoms with van der Waals surface area (Å²) < 4.78 is 0. The van der Waals surface area contributed by atoms with Crippen LogP contribution in [0, 0.1) is 13.8 Å². The van der Waals surface area contributed by atoms with Gasteiger partial charge in [0.15, 0.2) is 0 Å². The largest absolute Gasteiger partial charge is 0.508 e. The Kier molecular flexibility index (Phi) is 4.44. The molecule has 3 aromatic rings. The van der Waals surface area contributed by atoms with Crippen LogP contribution in [-0.2, 0) is 4.79 Å². The predicted octanol–water partition coefficient (Wildman–Crippen LogP) is 5.54. The van der Waals surface area contributed by atoms with Gasteiger partial charge in [0.25, 0.3) is 0 Å². The molecular weight excluding hydrogens is 354 g/mol. The number of nitrogens with zero attached hydrogens (tertiary/aromatic N) is 1. The van der Waals surface area contributed by atoms with E-state index in [9.17, 15) is 9.90 Å². The van der Waals surface area contributed by atoms with Crippen LogP contribution in [0.1, 0.15) is 28.2 Å². The molecule has 0 atom stereocenters. The average Bonchev–Trinajstić information content (AvgIpc) is 2.65. The van der Waals surface area contributed by atoms with Gasteiger partial charge >= 0.3 is 0 Å². The van der Waals surface area contributed by atoms with Gasteiger partial charge in [-0.1, -0.05) is 48.2 Å². The second-order valence-electron chi connectivity index (χ2n) is 6.94. The Morgan fingerprint density at radius 3 is 1.93 bits per heavy atom. The van der Waals surface area contributed by atoms with Crippen LogP contribution in [-0.4, -0.2) is 17.3 Å². The molecule has 4 heteroatoms. The number of para-hydroxylation sites is 2. The van der Waals surface area contributed by atoms with Crippen molar-refractivity contribution in [1.29, 1.82) is 0 Å². The predicted molar refractivity (Wildman–Crippen MR) is 111 cm³/mol.